The molecule has 0 bridgehead atoms. The van der Waals surface area contributed by atoms with Gasteiger partial charge in [0.1, 0.15) is 17.7 Å². The van der Waals surface area contributed by atoms with Gasteiger partial charge in [0.2, 0.25) is 5.82 Å². The van der Waals surface area contributed by atoms with E-state index in [1.54, 1.807) is 18.5 Å². The molecule has 3 heterocycles. The van der Waals surface area contributed by atoms with E-state index in [9.17, 15) is 4.39 Å². The van der Waals surface area contributed by atoms with Crippen molar-refractivity contribution in [2.24, 2.45) is 0 Å². The van der Waals surface area contributed by atoms with Crippen LogP contribution < -0.4 is 4.74 Å². The summed E-state index contributed by atoms with van der Waals surface area (Å²) >= 11 is 0. The quantitative estimate of drug-likeness (QED) is 0.489. The number of halogens is 1. The van der Waals surface area contributed by atoms with Crippen molar-refractivity contribution in [1.82, 2.24) is 19.7 Å². The van der Waals surface area contributed by atoms with Gasteiger partial charge in [0, 0.05) is 5.56 Å². The first-order chi connectivity index (χ1) is 14.7. The lowest BCUT2D eigenvalue weighted by Crippen LogP contribution is -2.20. The topological polar surface area (TPSA) is 75.2 Å². The van der Waals surface area contributed by atoms with Gasteiger partial charge in [-0.1, -0.05) is 29.4 Å². The van der Waals surface area contributed by atoms with Crippen LogP contribution in [0.15, 0.2) is 59.4 Å². The summed E-state index contributed by atoms with van der Waals surface area (Å²) in [6.07, 6.45) is 1.57. The van der Waals surface area contributed by atoms with Gasteiger partial charge in [-0.05, 0) is 36.8 Å². The Labute approximate surface area is 172 Å². The van der Waals surface area contributed by atoms with E-state index >= 15 is 0 Å². The molecule has 1 aliphatic rings. The van der Waals surface area contributed by atoms with Crippen molar-refractivity contribution in [2.75, 3.05) is 6.61 Å². The Morgan fingerprint density at radius 1 is 1.20 bits per heavy atom. The van der Waals surface area contributed by atoms with Crippen LogP contribution in [0.1, 0.15) is 24.3 Å². The molecule has 0 radical (unpaired) electrons. The fourth-order valence-corrected chi connectivity index (χ4v) is 3.51. The Morgan fingerprint density at radius 2 is 2.07 bits per heavy atom. The smallest absolute Gasteiger partial charge is 0.278 e. The van der Waals surface area contributed by atoms with Crippen LogP contribution in [0.4, 0.5) is 4.39 Å². The maximum atomic E-state index is 13.2. The third-order valence-electron chi connectivity index (χ3n) is 5.00. The van der Waals surface area contributed by atoms with E-state index in [4.69, 9.17) is 14.0 Å². The van der Waals surface area contributed by atoms with Crippen molar-refractivity contribution in [3.05, 3.63) is 71.9 Å². The fourth-order valence-electron chi connectivity index (χ4n) is 3.51. The highest BCUT2D eigenvalue weighted by Crippen LogP contribution is 2.32. The van der Waals surface area contributed by atoms with Gasteiger partial charge >= 0.3 is 0 Å². The van der Waals surface area contributed by atoms with Gasteiger partial charge in [-0.15, -0.1) is 0 Å². The average molecular weight is 406 g/mol. The summed E-state index contributed by atoms with van der Waals surface area (Å²) in [7, 11) is 0. The third-order valence-corrected chi connectivity index (χ3v) is 5.00. The second-order valence-electron chi connectivity index (χ2n) is 6.93. The van der Waals surface area contributed by atoms with Gasteiger partial charge in [0.25, 0.3) is 5.89 Å². The highest BCUT2D eigenvalue weighted by molar-refractivity contribution is 5.60. The van der Waals surface area contributed by atoms with Crippen molar-refractivity contribution < 1.29 is 18.4 Å². The molecule has 2 aromatic heterocycles. The number of hydrogen-bond donors (Lipinski definition) is 0. The lowest BCUT2D eigenvalue weighted by Gasteiger charge is -2.25. The van der Waals surface area contributed by atoms with Crippen LogP contribution in [0.3, 0.4) is 0 Å². The maximum absolute atomic E-state index is 13.2. The first-order valence-electron chi connectivity index (χ1n) is 9.69. The zero-order chi connectivity index (χ0) is 20.5. The van der Waals surface area contributed by atoms with E-state index in [1.807, 2.05) is 35.8 Å². The molecule has 0 saturated carbocycles. The first-order valence-corrected chi connectivity index (χ1v) is 9.69. The van der Waals surface area contributed by atoms with Crippen LogP contribution in [0.25, 0.3) is 23.0 Å². The zero-order valence-electron chi connectivity index (χ0n) is 16.3. The van der Waals surface area contributed by atoms with Crippen molar-refractivity contribution in [3.8, 4) is 28.7 Å². The minimum absolute atomic E-state index is 0.167. The molecule has 0 unspecified atom stereocenters. The molecular formula is C22H19FN4O3. The minimum Gasteiger partial charge on any atom is -0.494 e. The van der Waals surface area contributed by atoms with Gasteiger partial charge < -0.3 is 18.6 Å². The van der Waals surface area contributed by atoms with Gasteiger partial charge in [-0.3, -0.25) is 0 Å². The van der Waals surface area contributed by atoms with Crippen LogP contribution in [0, 0.1) is 5.82 Å². The number of aromatic nitrogens is 4. The van der Waals surface area contributed by atoms with Gasteiger partial charge in [-0.2, -0.15) is 4.98 Å². The monoisotopic (exact) mass is 406 g/mol. The standard InChI is InChI=1S/C22H19FN4O3/c1-2-28-17-5-3-4-15(10-17)21-25-22(30-26-21)20-18-12-29-19(11-27(18)13-24-20)14-6-8-16(23)9-7-14/h3-10,13,19H,2,11-12H2,1H3/t19-/m0/s1. The van der Waals surface area contributed by atoms with Crippen molar-refractivity contribution in [3.63, 3.8) is 0 Å². The van der Waals surface area contributed by atoms with Crippen LogP contribution in [-0.4, -0.2) is 26.3 Å². The van der Waals surface area contributed by atoms with E-state index in [-0.39, 0.29) is 11.9 Å². The molecule has 0 aliphatic carbocycles. The molecule has 1 atom stereocenters. The summed E-state index contributed by atoms with van der Waals surface area (Å²) in [4.78, 5) is 8.98. The normalized spacial score (nSPS) is 15.7. The molecule has 0 fully saturated rings. The van der Waals surface area contributed by atoms with E-state index < -0.39 is 0 Å². The fraction of sp³-hybridized carbons (Fsp3) is 0.227. The molecular weight excluding hydrogens is 387 g/mol. The summed E-state index contributed by atoms with van der Waals surface area (Å²) in [5.41, 5.74) is 3.20. The summed E-state index contributed by atoms with van der Waals surface area (Å²) in [6, 6.07) is 13.9. The Hall–Kier alpha value is -3.52. The molecule has 152 valence electrons. The Kier molecular flexibility index (Phi) is 4.76. The van der Waals surface area contributed by atoms with Gasteiger partial charge in [0.05, 0.1) is 31.8 Å². The molecule has 30 heavy (non-hydrogen) atoms. The predicted molar refractivity (Wildman–Crippen MR) is 106 cm³/mol. The van der Waals surface area contributed by atoms with Crippen LogP contribution in [0.2, 0.25) is 0 Å². The Bertz CT molecular complexity index is 1170. The number of ether oxygens (including phenoxy) is 2. The number of hydrogen-bond acceptors (Lipinski definition) is 6. The summed E-state index contributed by atoms with van der Waals surface area (Å²) in [5.74, 6) is 1.29. The summed E-state index contributed by atoms with van der Waals surface area (Å²) < 4.78 is 32.2. The summed E-state index contributed by atoms with van der Waals surface area (Å²) in [5, 5.41) is 4.10. The highest BCUT2D eigenvalue weighted by Gasteiger charge is 2.26. The van der Waals surface area contributed by atoms with Crippen LogP contribution >= 0.6 is 0 Å². The minimum atomic E-state index is -0.265. The molecule has 5 rings (SSSR count). The van der Waals surface area contributed by atoms with E-state index in [0.29, 0.717) is 37.2 Å². The Morgan fingerprint density at radius 3 is 2.90 bits per heavy atom. The van der Waals surface area contributed by atoms with Crippen molar-refractivity contribution in [2.45, 2.75) is 26.2 Å². The van der Waals surface area contributed by atoms with E-state index in [2.05, 4.69) is 15.1 Å². The molecule has 1 aliphatic heterocycles. The number of fused-ring (bicyclic) bond motifs is 1. The highest BCUT2D eigenvalue weighted by atomic mass is 19.1. The lowest BCUT2D eigenvalue weighted by molar-refractivity contribution is 0.00326. The maximum Gasteiger partial charge on any atom is 0.278 e. The van der Waals surface area contributed by atoms with Crippen LogP contribution in [0.5, 0.6) is 5.75 Å². The predicted octanol–water partition coefficient (Wildman–Crippen LogP) is 4.41. The first kappa shape index (κ1) is 18.5. The van der Waals surface area contributed by atoms with E-state index in [0.717, 1.165) is 22.6 Å². The van der Waals surface area contributed by atoms with Crippen LogP contribution in [-0.2, 0) is 17.9 Å². The van der Waals surface area contributed by atoms with Gasteiger partial charge in [-0.25, -0.2) is 9.37 Å². The van der Waals surface area contributed by atoms with E-state index in [1.165, 1.54) is 12.1 Å². The third kappa shape index (κ3) is 3.46. The van der Waals surface area contributed by atoms with Gasteiger partial charge in [0.15, 0.2) is 5.69 Å². The van der Waals surface area contributed by atoms with Crippen molar-refractivity contribution >= 4 is 0 Å². The Balaban J connectivity index is 1.39. The molecule has 8 heteroatoms. The second kappa shape index (κ2) is 7.72. The second-order valence-corrected chi connectivity index (χ2v) is 6.93. The number of nitrogens with zero attached hydrogens (tertiary/aromatic N) is 4. The molecule has 7 nitrogen and oxygen atoms in total. The van der Waals surface area contributed by atoms with Crippen molar-refractivity contribution in [1.29, 1.82) is 0 Å². The molecule has 0 amide bonds. The molecule has 0 N–H and O–H groups in total. The number of rotatable bonds is 5. The molecule has 4 aromatic rings. The molecule has 0 spiro atoms. The SMILES string of the molecule is CCOc1cccc(-c2noc(-c3ncn4c3CO[C@H](c3ccc(F)cc3)C4)n2)c1. The number of imidazole rings is 1. The molecule has 2 aromatic carbocycles. The molecule has 0 saturated heterocycles. The average Bonchev–Trinajstić information content (AvgIpc) is 3.41. The lowest BCUT2D eigenvalue weighted by atomic mass is 10.1. The largest absolute Gasteiger partial charge is 0.494 e. The number of benzene rings is 2. The summed E-state index contributed by atoms with van der Waals surface area (Å²) in [6.45, 7) is 3.44. The zero-order valence-corrected chi connectivity index (χ0v) is 16.3.